The molecule has 0 aliphatic carbocycles. The number of carbonyl (C=O) groups is 1. The van der Waals surface area contributed by atoms with Gasteiger partial charge in [-0.1, -0.05) is 32.0 Å². The van der Waals surface area contributed by atoms with Crippen LogP contribution in [0.1, 0.15) is 20.3 Å². The van der Waals surface area contributed by atoms with Gasteiger partial charge in [-0.25, -0.2) is 5.11 Å². The molecule has 1 amide bonds. The van der Waals surface area contributed by atoms with E-state index in [0.29, 0.717) is 13.0 Å². The van der Waals surface area contributed by atoms with E-state index in [-0.39, 0.29) is 18.4 Å². The Morgan fingerprint density at radius 2 is 1.88 bits per heavy atom. The smallest absolute Gasteiger partial charge is 0.229 e. The second-order valence-electron chi connectivity index (χ2n) is 4.04. The molecule has 0 bridgehead atoms. The molecule has 1 aromatic rings. The minimum Gasteiger partial charge on any atom is -0.312 e. The minimum absolute atomic E-state index is 0.0492. The first-order valence-electron chi connectivity index (χ1n) is 5.61. The molecule has 0 saturated carbocycles. The fraction of sp³-hybridized carbons (Fsp3) is 0.462. The van der Waals surface area contributed by atoms with Gasteiger partial charge in [0.15, 0.2) is 0 Å². The number of hydrogen-bond donors (Lipinski definition) is 0. The Morgan fingerprint density at radius 3 is 2.38 bits per heavy atom. The van der Waals surface area contributed by atoms with E-state index >= 15 is 0 Å². The molecule has 87 valence electrons. The molecular weight excluding hydrogens is 202 g/mol. The first-order chi connectivity index (χ1) is 7.66. The SMILES string of the molecule is CC(C)C(=O)N(CCC[O])c1ccccc1. The van der Waals surface area contributed by atoms with Crippen molar-refractivity contribution in [3.8, 4) is 0 Å². The minimum atomic E-state index is -0.144. The van der Waals surface area contributed by atoms with Crippen molar-refractivity contribution in [3.05, 3.63) is 30.3 Å². The lowest BCUT2D eigenvalue weighted by molar-refractivity contribution is -0.121. The lowest BCUT2D eigenvalue weighted by atomic mass is 10.1. The second-order valence-corrected chi connectivity index (χ2v) is 4.04. The Morgan fingerprint density at radius 1 is 1.25 bits per heavy atom. The molecule has 1 radical (unpaired) electrons. The van der Waals surface area contributed by atoms with Gasteiger partial charge in [-0.2, -0.15) is 0 Å². The highest BCUT2D eigenvalue weighted by molar-refractivity contribution is 5.94. The summed E-state index contributed by atoms with van der Waals surface area (Å²) in [6, 6.07) is 9.49. The van der Waals surface area contributed by atoms with Crippen LogP contribution in [-0.4, -0.2) is 19.1 Å². The van der Waals surface area contributed by atoms with Crippen LogP contribution in [0.5, 0.6) is 0 Å². The maximum absolute atomic E-state index is 12.0. The number of hydrogen-bond acceptors (Lipinski definition) is 1. The van der Waals surface area contributed by atoms with Gasteiger partial charge < -0.3 is 4.90 Å². The fourth-order valence-electron chi connectivity index (χ4n) is 1.51. The molecule has 0 N–H and O–H groups in total. The predicted octanol–water partition coefficient (Wildman–Crippen LogP) is 2.50. The van der Waals surface area contributed by atoms with Crippen molar-refractivity contribution >= 4 is 11.6 Å². The molecule has 0 saturated heterocycles. The number of para-hydroxylation sites is 1. The summed E-state index contributed by atoms with van der Waals surface area (Å²) in [7, 11) is 0. The largest absolute Gasteiger partial charge is 0.312 e. The van der Waals surface area contributed by atoms with E-state index in [2.05, 4.69) is 0 Å². The number of rotatable bonds is 5. The van der Waals surface area contributed by atoms with E-state index in [1.807, 2.05) is 44.2 Å². The van der Waals surface area contributed by atoms with Crippen molar-refractivity contribution in [1.82, 2.24) is 0 Å². The standard InChI is InChI=1S/C13H18NO2/c1-11(2)13(16)14(9-6-10-15)12-7-4-3-5-8-12/h3-5,7-8,11H,6,9-10H2,1-2H3. The van der Waals surface area contributed by atoms with Crippen LogP contribution in [0.25, 0.3) is 0 Å². The zero-order chi connectivity index (χ0) is 12.0. The number of benzene rings is 1. The lowest BCUT2D eigenvalue weighted by Crippen LogP contribution is -2.35. The monoisotopic (exact) mass is 220 g/mol. The van der Waals surface area contributed by atoms with Crippen LogP contribution in [0.4, 0.5) is 5.69 Å². The Bertz CT molecular complexity index is 322. The quantitative estimate of drug-likeness (QED) is 0.751. The van der Waals surface area contributed by atoms with Crippen molar-refractivity contribution in [2.75, 3.05) is 18.1 Å². The molecule has 0 heterocycles. The Hall–Kier alpha value is -1.35. The fourth-order valence-corrected chi connectivity index (χ4v) is 1.51. The molecular formula is C13H18NO2. The Kier molecular flexibility index (Phi) is 4.99. The maximum atomic E-state index is 12.0. The molecule has 16 heavy (non-hydrogen) atoms. The van der Waals surface area contributed by atoms with Gasteiger partial charge in [0.2, 0.25) is 5.91 Å². The van der Waals surface area contributed by atoms with Crippen molar-refractivity contribution in [2.24, 2.45) is 5.92 Å². The third-order valence-electron chi connectivity index (χ3n) is 2.35. The predicted molar refractivity (Wildman–Crippen MR) is 63.8 cm³/mol. The summed E-state index contributed by atoms with van der Waals surface area (Å²) in [5, 5.41) is 10.5. The third kappa shape index (κ3) is 3.35. The van der Waals surface area contributed by atoms with Gasteiger partial charge in [0.25, 0.3) is 0 Å². The van der Waals surface area contributed by atoms with E-state index in [9.17, 15) is 9.90 Å². The lowest BCUT2D eigenvalue weighted by Gasteiger charge is -2.24. The highest BCUT2D eigenvalue weighted by Gasteiger charge is 2.17. The maximum Gasteiger partial charge on any atom is 0.229 e. The molecule has 0 spiro atoms. The number of anilines is 1. The molecule has 0 aliphatic rings. The van der Waals surface area contributed by atoms with Crippen LogP contribution in [0.15, 0.2) is 30.3 Å². The van der Waals surface area contributed by atoms with Crippen molar-refractivity contribution < 1.29 is 9.90 Å². The number of amides is 1. The summed E-state index contributed by atoms with van der Waals surface area (Å²) in [4.78, 5) is 13.7. The van der Waals surface area contributed by atoms with Gasteiger partial charge in [0.05, 0.1) is 6.61 Å². The molecule has 3 heteroatoms. The first-order valence-corrected chi connectivity index (χ1v) is 5.61. The van der Waals surface area contributed by atoms with Crippen LogP contribution in [0, 0.1) is 5.92 Å². The van der Waals surface area contributed by atoms with Crippen molar-refractivity contribution in [2.45, 2.75) is 20.3 Å². The van der Waals surface area contributed by atoms with Crippen LogP contribution < -0.4 is 4.90 Å². The number of carbonyl (C=O) groups excluding carboxylic acids is 1. The summed E-state index contributed by atoms with van der Waals surface area (Å²) < 4.78 is 0. The Labute approximate surface area is 96.7 Å². The molecule has 3 nitrogen and oxygen atoms in total. The van der Waals surface area contributed by atoms with E-state index in [1.54, 1.807) is 4.90 Å². The summed E-state index contributed by atoms with van der Waals surface area (Å²) in [6.07, 6.45) is 0.493. The van der Waals surface area contributed by atoms with Crippen LogP contribution in [0.3, 0.4) is 0 Å². The van der Waals surface area contributed by atoms with Gasteiger partial charge >= 0.3 is 0 Å². The van der Waals surface area contributed by atoms with Gasteiger partial charge in [0.1, 0.15) is 0 Å². The first kappa shape index (κ1) is 12.7. The molecule has 0 aliphatic heterocycles. The van der Waals surface area contributed by atoms with Crippen LogP contribution in [-0.2, 0) is 9.90 Å². The number of nitrogens with zero attached hydrogens (tertiary/aromatic N) is 1. The summed E-state index contributed by atoms with van der Waals surface area (Å²) in [6.45, 7) is 4.10. The summed E-state index contributed by atoms with van der Waals surface area (Å²) >= 11 is 0. The summed E-state index contributed by atoms with van der Waals surface area (Å²) in [5.74, 6) is 0.0199. The van der Waals surface area contributed by atoms with Crippen LogP contribution >= 0.6 is 0 Å². The molecule has 1 aromatic carbocycles. The molecule has 0 atom stereocenters. The Balaban J connectivity index is 2.83. The molecule has 0 unspecified atom stereocenters. The van der Waals surface area contributed by atoms with Gasteiger partial charge in [-0.05, 0) is 18.6 Å². The average molecular weight is 220 g/mol. The van der Waals surface area contributed by atoms with Crippen LogP contribution in [0.2, 0.25) is 0 Å². The third-order valence-corrected chi connectivity index (χ3v) is 2.35. The average Bonchev–Trinajstić information content (AvgIpc) is 2.30. The van der Waals surface area contributed by atoms with E-state index < -0.39 is 0 Å². The highest BCUT2D eigenvalue weighted by atomic mass is 16.3. The van der Waals surface area contributed by atoms with Gasteiger partial charge in [0, 0.05) is 18.2 Å². The van der Waals surface area contributed by atoms with Crippen molar-refractivity contribution in [3.63, 3.8) is 0 Å². The van der Waals surface area contributed by atoms with Gasteiger partial charge in [-0.3, -0.25) is 4.79 Å². The van der Waals surface area contributed by atoms with E-state index in [0.717, 1.165) is 5.69 Å². The molecule has 0 aromatic heterocycles. The normalized spacial score (nSPS) is 10.5. The van der Waals surface area contributed by atoms with Crippen molar-refractivity contribution in [1.29, 1.82) is 0 Å². The van der Waals surface area contributed by atoms with E-state index in [1.165, 1.54) is 0 Å². The molecule has 1 rings (SSSR count). The zero-order valence-electron chi connectivity index (χ0n) is 9.85. The highest BCUT2D eigenvalue weighted by Crippen LogP contribution is 2.16. The van der Waals surface area contributed by atoms with E-state index in [4.69, 9.17) is 0 Å². The van der Waals surface area contributed by atoms with Gasteiger partial charge in [-0.15, -0.1) is 0 Å². The topological polar surface area (TPSA) is 40.2 Å². The summed E-state index contributed by atoms with van der Waals surface area (Å²) in [5.41, 5.74) is 0.870. The zero-order valence-corrected chi connectivity index (χ0v) is 9.85. The second kappa shape index (κ2) is 6.28. The molecule has 0 fully saturated rings.